The number of rotatable bonds is 9. The van der Waals surface area contributed by atoms with Crippen molar-refractivity contribution in [2.75, 3.05) is 0 Å². The fourth-order valence-electron chi connectivity index (χ4n) is 4.67. The van der Waals surface area contributed by atoms with Crippen LogP contribution in [0.25, 0.3) is 11.1 Å². The number of halogens is 1. The smallest absolute Gasteiger partial charge is 0.280 e. The van der Waals surface area contributed by atoms with Crippen molar-refractivity contribution in [2.45, 2.75) is 58.9 Å². The van der Waals surface area contributed by atoms with Crippen LogP contribution in [0, 0.1) is 12.7 Å². The monoisotopic (exact) mass is 485 g/mol. The maximum absolute atomic E-state index is 14.1. The molecule has 0 aliphatic heterocycles. The van der Waals surface area contributed by atoms with E-state index in [4.69, 9.17) is 0 Å². The van der Waals surface area contributed by atoms with Crippen LogP contribution in [-0.2, 0) is 12.8 Å². The van der Waals surface area contributed by atoms with Crippen molar-refractivity contribution in [3.8, 4) is 17.0 Å². The number of aromatic hydroxyl groups is 1. The number of aryl methyl sites for hydroxylation is 2. The highest BCUT2D eigenvalue weighted by atomic mass is 19.1. The van der Waals surface area contributed by atoms with Crippen molar-refractivity contribution in [2.24, 2.45) is 0 Å². The Morgan fingerprint density at radius 3 is 2.50 bits per heavy atom. The topological polar surface area (TPSA) is 68.0 Å². The zero-order chi connectivity index (χ0) is 25.7. The highest BCUT2D eigenvalue weighted by Gasteiger charge is 2.23. The van der Waals surface area contributed by atoms with Gasteiger partial charge in [-0.05, 0) is 54.7 Å². The minimum atomic E-state index is -0.420. The lowest BCUT2D eigenvalue weighted by Crippen LogP contribution is -2.25. The van der Waals surface area contributed by atoms with Gasteiger partial charge in [-0.3, -0.25) is 14.3 Å². The predicted molar refractivity (Wildman–Crippen MR) is 141 cm³/mol. The fraction of sp³-hybridized carbons (Fsp3) is 0.300. The summed E-state index contributed by atoms with van der Waals surface area (Å²) < 4.78 is 15.8. The highest BCUT2D eigenvalue weighted by Crippen LogP contribution is 2.31. The SMILES string of the molecule is CCCCc1nc(=O)c(Cc2ccc(-c3cccnc3C)cc2)c(O)n1C(CC)c1cccc(F)c1. The molecule has 2 aromatic heterocycles. The van der Waals surface area contributed by atoms with Gasteiger partial charge < -0.3 is 5.11 Å². The van der Waals surface area contributed by atoms with Gasteiger partial charge in [0.1, 0.15) is 11.6 Å². The minimum Gasteiger partial charge on any atom is -0.494 e. The van der Waals surface area contributed by atoms with Gasteiger partial charge in [0, 0.05) is 30.3 Å². The molecule has 0 amide bonds. The summed E-state index contributed by atoms with van der Waals surface area (Å²) in [5.41, 5.74) is 4.49. The van der Waals surface area contributed by atoms with E-state index in [1.807, 2.05) is 56.3 Å². The second kappa shape index (κ2) is 11.3. The van der Waals surface area contributed by atoms with Crippen LogP contribution >= 0.6 is 0 Å². The van der Waals surface area contributed by atoms with E-state index in [0.29, 0.717) is 18.7 Å². The average Bonchev–Trinajstić information content (AvgIpc) is 2.88. The van der Waals surface area contributed by atoms with Crippen LogP contribution in [0.15, 0.2) is 71.7 Å². The number of hydrogen-bond donors (Lipinski definition) is 1. The lowest BCUT2D eigenvalue weighted by atomic mass is 9.99. The Morgan fingerprint density at radius 2 is 1.83 bits per heavy atom. The first-order valence-corrected chi connectivity index (χ1v) is 12.5. The first-order valence-electron chi connectivity index (χ1n) is 12.5. The fourth-order valence-corrected chi connectivity index (χ4v) is 4.67. The number of benzene rings is 2. The standard InChI is InChI=1S/C30H32FN3O2/c1-4-6-12-28-33-29(35)26(30(36)34(28)27(5-2)23-9-7-10-24(31)19-23)18-21-13-15-22(16-14-21)25-11-8-17-32-20(25)3/h7-11,13-17,19,27,36H,4-6,12,18H2,1-3H3. The molecule has 0 radical (unpaired) electrons. The van der Waals surface area contributed by atoms with E-state index in [0.717, 1.165) is 40.8 Å². The normalized spacial score (nSPS) is 12.0. The predicted octanol–water partition coefficient (Wildman–Crippen LogP) is 6.39. The van der Waals surface area contributed by atoms with Gasteiger partial charge in [0.05, 0.1) is 11.6 Å². The number of nitrogens with zero attached hydrogens (tertiary/aromatic N) is 3. The Morgan fingerprint density at radius 1 is 1.06 bits per heavy atom. The number of hydrogen-bond acceptors (Lipinski definition) is 4. The van der Waals surface area contributed by atoms with Crippen molar-refractivity contribution in [3.63, 3.8) is 0 Å². The first kappa shape index (κ1) is 25.3. The quantitative estimate of drug-likeness (QED) is 0.298. The maximum Gasteiger partial charge on any atom is 0.280 e. The molecule has 186 valence electrons. The van der Waals surface area contributed by atoms with Gasteiger partial charge >= 0.3 is 0 Å². The number of unbranched alkanes of at least 4 members (excludes halogenated alkanes) is 1. The molecule has 36 heavy (non-hydrogen) atoms. The molecule has 2 aromatic carbocycles. The largest absolute Gasteiger partial charge is 0.494 e. The van der Waals surface area contributed by atoms with Gasteiger partial charge in [-0.25, -0.2) is 4.39 Å². The molecule has 0 saturated carbocycles. The van der Waals surface area contributed by atoms with E-state index < -0.39 is 5.56 Å². The molecule has 6 heteroatoms. The minimum absolute atomic E-state index is 0.0932. The van der Waals surface area contributed by atoms with E-state index in [1.54, 1.807) is 16.8 Å². The summed E-state index contributed by atoms with van der Waals surface area (Å²) >= 11 is 0. The lowest BCUT2D eigenvalue weighted by molar-refractivity contribution is 0.368. The molecular formula is C30H32FN3O2. The Labute approximate surface area is 211 Å². The van der Waals surface area contributed by atoms with E-state index in [2.05, 4.69) is 16.9 Å². The van der Waals surface area contributed by atoms with Crippen LogP contribution in [0.4, 0.5) is 4.39 Å². The van der Waals surface area contributed by atoms with Crippen LogP contribution in [0.5, 0.6) is 5.88 Å². The summed E-state index contributed by atoms with van der Waals surface area (Å²) in [6.45, 7) is 6.02. The van der Waals surface area contributed by atoms with E-state index >= 15 is 0 Å². The molecule has 0 aliphatic carbocycles. The molecule has 1 N–H and O–H groups in total. The molecule has 4 aromatic rings. The molecular weight excluding hydrogens is 453 g/mol. The molecule has 0 bridgehead atoms. The third-order valence-electron chi connectivity index (χ3n) is 6.60. The summed E-state index contributed by atoms with van der Waals surface area (Å²) in [5.74, 6) is 0.102. The van der Waals surface area contributed by atoms with Gasteiger partial charge in [0.15, 0.2) is 0 Å². The van der Waals surface area contributed by atoms with Crippen molar-refractivity contribution in [1.29, 1.82) is 0 Å². The molecule has 1 atom stereocenters. The Kier molecular flexibility index (Phi) is 7.93. The molecule has 0 spiro atoms. The van der Waals surface area contributed by atoms with Crippen LogP contribution in [-0.4, -0.2) is 19.6 Å². The van der Waals surface area contributed by atoms with Crippen LogP contribution in [0.1, 0.15) is 67.4 Å². The van der Waals surface area contributed by atoms with Crippen LogP contribution in [0.3, 0.4) is 0 Å². The summed E-state index contributed by atoms with van der Waals surface area (Å²) in [4.78, 5) is 21.8. The lowest BCUT2D eigenvalue weighted by Gasteiger charge is -2.25. The summed E-state index contributed by atoms with van der Waals surface area (Å²) in [5, 5.41) is 11.4. The average molecular weight is 486 g/mol. The van der Waals surface area contributed by atoms with Gasteiger partial charge in [-0.15, -0.1) is 0 Å². The Bertz CT molecular complexity index is 1400. The molecule has 0 fully saturated rings. The van der Waals surface area contributed by atoms with Gasteiger partial charge in [-0.1, -0.05) is 62.7 Å². The molecule has 5 nitrogen and oxygen atoms in total. The van der Waals surface area contributed by atoms with Crippen molar-refractivity contribution in [1.82, 2.24) is 14.5 Å². The zero-order valence-corrected chi connectivity index (χ0v) is 21.0. The van der Waals surface area contributed by atoms with Gasteiger partial charge in [-0.2, -0.15) is 4.98 Å². The summed E-state index contributed by atoms with van der Waals surface area (Å²) in [7, 11) is 0. The van der Waals surface area contributed by atoms with Crippen molar-refractivity contribution < 1.29 is 9.50 Å². The second-order valence-corrected chi connectivity index (χ2v) is 9.10. The third kappa shape index (κ3) is 5.38. The first-order chi connectivity index (χ1) is 17.4. The summed E-state index contributed by atoms with van der Waals surface area (Å²) in [6.07, 6.45) is 4.95. The molecule has 1 unspecified atom stereocenters. The molecule has 0 saturated heterocycles. The zero-order valence-electron chi connectivity index (χ0n) is 21.0. The van der Waals surface area contributed by atoms with Crippen molar-refractivity contribution >= 4 is 0 Å². The molecule has 2 heterocycles. The second-order valence-electron chi connectivity index (χ2n) is 9.10. The van der Waals surface area contributed by atoms with Crippen LogP contribution in [0.2, 0.25) is 0 Å². The highest BCUT2D eigenvalue weighted by molar-refractivity contribution is 5.65. The van der Waals surface area contributed by atoms with Gasteiger partial charge in [0.2, 0.25) is 5.88 Å². The summed E-state index contributed by atoms with van der Waals surface area (Å²) in [6, 6.07) is 17.9. The molecule has 0 aliphatic rings. The van der Waals surface area contributed by atoms with E-state index in [1.165, 1.54) is 12.1 Å². The Balaban J connectivity index is 1.75. The number of aromatic nitrogens is 3. The number of pyridine rings is 1. The maximum atomic E-state index is 14.1. The van der Waals surface area contributed by atoms with E-state index in [-0.39, 0.29) is 29.7 Å². The van der Waals surface area contributed by atoms with Crippen molar-refractivity contribution in [3.05, 3.63) is 111 Å². The third-order valence-corrected chi connectivity index (χ3v) is 6.60. The Hall–Kier alpha value is -3.80. The van der Waals surface area contributed by atoms with Gasteiger partial charge in [0.25, 0.3) is 5.56 Å². The molecule has 4 rings (SSSR count). The van der Waals surface area contributed by atoms with Crippen LogP contribution < -0.4 is 5.56 Å². The van der Waals surface area contributed by atoms with E-state index in [9.17, 15) is 14.3 Å².